The van der Waals surface area contributed by atoms with E-state index in [9.17, 15) is 0 Å². The number of rotatable bonds is 8. The third-order valence-electron chi connectivity index (χ3n) is 3.95. The summed E-state index contributed by atoms with van der Waals surface area (Å²) in [7, 11) is 0. The largest absolute Gasteiger partial charge is 0.494 e. The van der Waals surface area contributed by atoms with Crippen molar-refractivity contribution < 1.29 is 4.74 Å². The van der Waals surface area contributed by atoms with Crippen LogP contribution in [0.4, 0.5) is 5.82 Å². The van der Waals surface area contributed by atoms with Gasteiger partial charge >= 0.3 is 0 Å². The summed E-state index contributed by atoms with van der Waals surface area (Å²) in [5, 5.41) is 6.71. The van der Waals surface area contributed by atoms with Crippen molar-refractivity contribution in [2.75, 3.05) is 18.5 Å². The van der Waals surface area contributed by atoms with E-state index in [1.807, 2.05) is 0 Å². The number of aryl methyl sites for hydroxylation is 1. The van der Waals surface area contributed by atoms with Gasteiger partial charge in [0, 0.05) is 6.54 Å². The summed E-state index contributed by atoms with van der Waals surface area (Å²) in [6.07, 6.45) is 4.83. The standard InChI is InChI=1S/C19H23N3OS/c1-3-4-11-23-16-7-5-15(6-8-16)9-10-20-18-17-14(2)12-24-19(17)22-13-21-18/h5-8,12-13H,3-4,9-11H2,1-2H3,(H,20,21,22). The van der Waals surface area contributed by atoms with Crippen LogP contribution in [0.5, 0.6) is 5.75 Å². The number of benzene rings is 1. The summed E-state index contributed by atoms with van der Waals surface area (Å²) in [5.41, 5.74) is 2.52. The smallest absolute Gasteiger partial charge is 0.138 e. The van der Waals surface area contributed by atoms with Crippen molar-refractivity contribution in [2.45, 2.75) is 33.1 Å². The number of fused-ring (bicyclic) bond motifs is 1. The summed E-state index contributed by atoms with van der Waals surface area (Å²) in [6, 6.07) is 8.37. The van der Waals surface area contributed by atoms with Crippen molar-refractivity contribution in [3.63, 3.8) is 0 Å². The number of hydrogen-bond donors (Lipinski definition) is 1. The highest BCUT2D eigenvalue weighted by atomic mass is 32.1. The molecule has 2 heterocycles. The van der Waals surface area contributed by atoms with Crippen LogP contribution in [0.25, 0.3) is 10.2 Å². The van der Waals surface area contributed by atoms with Crippen LogP contribution >= 0.6 is 11.3 Å². The van der Waals surface area contributed by atoms with E-state index in [2.05, 4.69) is 58.8 Å². The lowest BCUT2D eigenvalue weighted by Crippen LogP contribution is -2.07. The van der Waals surface area contributed by atoms with E-state index in [1.54, 1.807) is 17.7 Å². The molecule has 0 atom stereocenters. The number of ether oxygens (including phenoxy) is 1. The van der Waals surface area contributed by atoms with E-state index >= 15 is 0 Å². The number of anilines is 1. The van der Waals surface area contributed by atoms with E-state index in [1.165, 1.54) is 11.1 Å². The normalized spacial score (nSPS) is 10.9. The number of hydrogen-bond acceptors (Lipinski definition) is 5. The first kappa shape index (κ1) is 16.7. The van der Waals surface area contributed by atoms with Gasteiger partial charge in [0.1, 0.15) is 22.7 Å². The van der Waals surface area contributed by atoms with Crippen LogP contribution in [0, 0.1) is 6.92 Å². The molecule has 0 aliphatic rings. The van der Waals surface area contributed by atoms with E-state index in [0.717, 1.165) is 54.2 Å². The lowest BCUT2D eigenvalue weighted by molar-refractivity contribution is 0.309. The van der Waals surface area contributed by atoms with E-state index < -0.39 is 0 Å². The molecule has 4 nitrogen and oxygen atoms in total. The molecule has 1 aromatic carbocycles. The summed E-state index contributed by atoms with van der Waals surface area (Å²) < 4.78 is 5.70. The Kier molecular flexibility index (Phi) is 5.64. The predicted molar refractivity (Wildman–Crippen MR) is 101 cm³/mol. The van der Waals surface area contributed by atoms with Gasteiger partial charge in [0.25, 0.3) is 0 Å². The van der Waals surface area contributed by atoms with Gasteiger partial charge in [-0.2, -0.15) is 0 Å². The van der Waals surface area contributed by atoms with Crippen LogP contribution in [-0.4, -0.2) is 23.1 Å². The maximum atomic E-state index is 5.70. The van der Waals surface area contributed by atoms with Crippen LogP contribution in [0.1, 0.15) is 30.9 Å². The van der Waals surface area contributed by atoms with Crippen molar-refractivity contribution in [3.05, 3.63) is 47.1 Å². The van der Waals surface area contributed by atoms with Crippen molar-refractivity contribution in [1.82, 2.24) is 9.97 Å². The first-order valence-corrected chi connectivity index (χ1v) is 9.30. The van der Waals surface area contributed by atoms with Crippen molar-refractivity contribution in [1.29, 1.82) is 0 Å². The van der Waals surface area contributed by atoms with Gasteiger partial charge in [-0.1, -0.05) is 25.5 Å². The van der Waals surface area contributed by atoms with E-state index in [4.69, 9.17) is 4.74 Å². The Morgan fingerprint density at radius 3 is 2.79 bits per heavy atom. The number of nitrogens with one attached hydrogen (secondary N) is 1. The van der Waals surface area contributed by atoms with Crippen LogP contribution < -0.4 is 10.1 Å². The van der Waals surface area contributed by atoms with Gasteiger partial charge in [-0.25, -0.2) is 9.97 Å². The quantitative estimate of drug-likeness (QED) is 0.596. The Bertz CT molecular complexity index is 783. The van der Waals surface area contributed by atoms with Crippen molar-refractivity contribution in [2.24, 2.45) is 0 Å². The van der Waals surface area contributed by atoms with Gasteiger partial charge < -0.3 is 10.1 Å². The third-order valence-corrected chi connectivity index (χ3v) is 4.95. The second-order valence-electron chi connectivity index (χ2n) is 5.84. The monoisotopic (exact) mass is 341 g/mol. The van der Waals surface area contributed by atoms with Crippen LogP contribution in [0.3, 0.4) is 0 Å². The third kappa shape index (κ3) is 4.03. The van der Waals surface area contributed by atoms with E-state index in [0.29, 0.717) is 0 Å². The van der Waals surface area contributed by atoms with Crippen LogP contribution in [-0.2, 0) is 6.42 Å². The summed E-state index contributed by atoms with van der Waals surface area (Å²) in [4.78, 5) is 9.75. The van der Waals surface area contributed by atoms with Gasteiger partial charge in [-0.05, 0) is 48.4 Å². The molecule has 0 radical (unpaired) electrons. The molecule has 0 saturated heterocycles. The van der Waals surface area contributed by atoms with Gasteiger partial charge in [0.15, 0.2) is 0 Å². The SMILES string of the molecule is CCCCOc1ccc(CCNc2ncnc3scc(C)c23)cc1. The fourth-order valence-electron chi connectivity index (χ4n) is 2.56. The zero-order valence-electron chi connectivity index (χ0n) is 14.2. The first-order valence-electron chi connectivity index (χ1n) is 8.42. The first-order chi connectivity index (χ1) is 11.8. The minimum Gasteiger partial charge on any atom is -0.494 e. The Balaban J connectivity index is 1.55. The minimum absolute atomic E-state index is 0.793. The molecule has 0 unspecified atom stereocenters. The molecule has 0 aliphatic heterocycles. The maximum absolute atomic E-state index is 5.70. The van der Waals surface area contributed by atoms with Crippen molar-refractivity contribution >= 4 is 27.4 Å². The molecule has 24 heavy (non-hydrogen) atoms. The predicted octanol–water partition coefficient (Wildman–Crippen LogP) is 4.83. The second-order valence-corrected chi connectivity index (χ2v) is 6.70. The summed E-state index contributed by atoms with van der Waals surface area (Å²) in [6.45, 7) is 5.91. The van der Waals surface area contributed by atoms with Gasteiger partial charge in [-0.15, -0.1) is 11.3 Å². The van der Waals surface area contributed by atoms with Gasteiger partial charge in [-0.3, -0.25) is 0 Å². The highest BCUT2D eigenvalue weighted by Crippen LogP contribution is 2.28. The molecule has 5 heteroatoms. The second kappa shape index (κ2) is 8.11. The minimum atomic E-state index is 0.793. The molecule has 0 amide bonds. The molecule has 0 fully saturated rings. The molecule has 3 aromatic rings. The van der Waals surface area contributed by atoms with Gasteiger partial charge in [0.2, 0.25) is 0 Å². The fraction of sp³-hybridized carbons (Fsp3) is 0.368. The fourth-order valence-corrected chi connectivity index (χ4v) is 3.45. The Labute approximate surface area is 146 Å². The number of unbranched alkanes of at least 4 members (excludes halogenated alkanes) is 1. The molecule has 2 aromatic heterocycles. The Morgan fingerprint density at radius 1 is 1.17 bits per heavy atom. The topological polar surface area (TPSA) is 47.0 Å². The average molecular weight is 341 g/mol. The van der Waals surface area contributed by atoms with Gasteiger partial charge in [0.05, 0.1) is 12.0 Å². The zero-order chi connectivity index (χ0) is 16.8. The summed E-state index contributed by atoms with van der Waals surface area (Å²) in [5.74, 6) is 1.88. The van der Waals surface area contributed by atoms with Crippen LogP contribution in [0.2, 0.25) is 0 Å². The average Bonchev–Trinajstić information content (AvgIpc) is 2.99. The highest BCUT2D eigenvalue weighted by Gasteiger charge is 2.08. The van der Waals surface area contributed by atoms with E-state index in [-0.39, 0.29) is 0 Å². The Morgan fingerprint density at radius 2 is 2.00 bits per heavy atom. The lowest BCUT2D eigenvalue weighted by atomic mass is 10.1. The maximum Gasteiger partial charge on any atom is 0.138 e. The molecule has 0 aliphatic carbocycles. The lowest BCUT2D eigenvalue weighted by Gasteiger charge is -2.09. The molecule has 0 spiro atoms. The number of aromatic nitrogens is 2. The highest BCUT2D eigenvalue weighted by molar-refractivity contribution is 7.17. The molecular formula is C19H23N3OS. The molecule has 126 valence electrons. The van der Waals surface area contributed by atoms with Crippen molar-refractivity contribution in [3.8, 4) is 5.75 Å². The molecule has 0 saturated carbocycles. The summed E-state index contributed by atoms with van der Waals surface area (Å²) >= 11 is 1.66. The Hall–Kier alpha value is -2.14. The molecule has 3 rings (SSSR count). The number of thiophene rings is 1. The molecular weight excluding hydrogens is 318 g/mol. The zero-order valence-corrected chi connectivity index (χ0v) is 15.0. The molecule has 0 bridgehead atoms. The van der Waals surface area contributed by atoms with Crippen LogP contribution in [0.15, 0.2) is 36.0 Å². The molecule has 1 N–H and O–H groups in total. The number of nitrogens with zero attached hydrogens (tertiary/aromatic N) is 2.